The van der Waals surface area contributed by atoms with Gasteiger partial charge in [-0.15, -0.1) is 0 Å². The van der Waals surface area contributed by atoms with Crippen molar-refractivity contribution in [2.24, 2.45) is 0 Å². The van der Waals surface area contributed by atoms with Crippen molar-refractivity contribution >= 4 is 5.69 Å². The van der Waals surface area contributed by atoms with E-state index in [1.807, 2.05) is 12.1 Å². The molecule has 2 aliphatic rings. The van der Waals surface area contributed by atoms with Gasteiger partial charge in [0.15, 0.2) is 0 Å². The van der Waals surface area contributed by atoms with E-state index in [1.165, 1.54) is 19.3 Å². The van der Waals surface area contributed by atoms with Crippen LogP contribution >= 0.6 is 0 Å². The first-order valence-corrected chi connectivity index (χ1v) is 8.56. The number of halogens is 1. The van der Waals surface area contributed by atoms with Gasteiger partial charge in [-0.25, -0.2) is 4.39 Å². The van der Waals surface area contributed by atoms with Crippen LogP contribution in [0.1, 0.15) is 38.5 Å². The van der Waals surface area contributed by atoms with Crippen LogP contribution in [-0.2, 0) is 0 Å². The summed E-state index contributed by atoms with van der Waals surface area (Å²) in [6, 6.07) is 5.34. The Labute approximate surface area is 132 Å². The minimum atomic E-state index is -0.170. The molecule has 0 aromatic heterocycles. The molecule has 0 unspecified atom stereocenters. The standard InChI is InChI=1S/C18H26FN2O/c19-17-14-16(22-15-6-4-2-1-3-5-7-15)8-9-18(17)21-12-10-20-11-13-21/h2,8-9,14-15,20H,1,3-7,10-13H2/q+1/t15-/m0/s1. The van der Waals surface area contributed by atoms with Crippen LogP contribution in [0.2, 0.25) is 0 Å². The van der Waals surface area contributed by atoms with Crippen LogP contribution in [0, 0.1) is 12.2 Å². The maximum Gasteiger partial charge on any atom is 0.150 e. The second kappa shape index (κ2) is 7.73. The fourth-order valence-corrected chi connectivity index (χ4v) is 3.29. The highest BCUT2D eigenvalue weighted by Gasteiger charge is 2.18. The summed E-state index contributed by atoms with van der Waals surface area (Å²) < 4.78 is 20.4. The Hall–Kier alpha value is -1.42. The van der Waals surface area contributed by atoms with Crippen LogP contribution in [0.25, 0.3) is 0 Å². The minimum absolute atomic E-state index is 0.170. The average Bonchev–Trinajstić information content (AvgIpc) is 2.51. The van der Waals surface area contributed by atoms with Crippen LogP contribution in [0.15, 0.2) is 18.2 Å². The third kappa shape index (κ3) is 4.07. The molecule has 1 atom stereocenters. The smallest absolute Gasteiger partial charge is 0.150 e. The van der Waals surface area contributed by atoms with Gasteiger partial charge in [-0.3, -0.25) is 0 Å². The summed E-state index contributed by atoms with van der Waals surface area (Å²) in [6.45, 7) is 3.54. The highest BCUT2D eigenvalue weighted by molar-refractivity contribution is 5.51. The lowest BCUT2D eigenvalue weighted by atomic mass is 9.98. The zero-order chi connectivity index (χ0) is 15.2. The van der Waals surface area contributed by atoms with Crippen LogP contribution in [-0.4, -0.2) is 32.3 Å². The molecule has 22 heavy (non-hydrogen) atoms. The van der Waals surface area contributed by atoms with E-state index in [4.69, 9.17) is 4.74 Å². The van der Waals surface area contributed by atoms with Crippen LogP contribution in [0.3, 0.4) is 0 Å². The second-order valence-electron chi connectivity index (χ2n) is 6.24. The fourth-order valence-electron chi connectivity index (χ4n) is 3.29. The molecule has 0 amide bonds. The Balaban J connectivity index is 1.63. The predicted molar refractivity (Wildman–Crippen MR) is 87.9 cm³/mol. The van der Waals surface area contributed by atoms with Crippen molar-refractivity contribution in [1.29, 1.82) is 0 Å². The Morgan fingerprint density at radius 1 is 1.14 bits per heavy atom. The molecule has 3 nitrogen and oxygen atoms in total. The summed E-state index contributed by atoms with van der Waals surface area (Å²) >= 11 is 0. The number of nitrogens with zero attached hydrogens (tertiary/aromatic N) is 1. The number of hydrogen-bond acceptors (Lipinski definition) is 3. The lowest BCUT2D eigenvalue weighted by Gasteiger charge is -2.30. The SMILES string of the molecule is Fc1cc(O[C@H]2CC[CH+]CCCC2)ccc1N1CCNCC1. The van der Waals surface area contributed by atoms with Gasteiger partial charge >= 0.3 is 0 Å². The molecule has 4 heteroatoms. The molecule has 1 aliphatic carbocycles. The summed E-state index contributed by atoms with van der Waals surface area (Å²) in [5.41, 5.74) is 0.694. The van der Waals surface area contributed by atoms with Crippen molar-refractivity contribution in [2.75, 3.05) is 31.1 Å². The molecule has 120 valence electrons. The zero-order valence-electron chi connectivity index (χ0n) is 13.2. The first kappa shape index (κ1) is 15.5. The molecule has 3 rings (SSSR count). The number of nitrogens with one attached hydrogen (secondary N) is 1. The molecule has 1 aromatic carbocycles. The third-order valence-electron chi connectivity index (χ3n) is 4.56. The molecule has 0 spiro atoms. The highest BCUT2D eigenvalue weighted by Crippen LogP contribution is 2.27. The van der Waals surface area contributed by atoms with E-state index in [1.54, 1.807) is 6.07 Å². The predicted octanol–water partition coefficient (Wildman–Crippen LogP) is 3.54. The quantitative estimate of drug-likeness (QED) is 0.865. The van der Waals surface area contributed by atoms with E-state index < -0.39 is 0 Å². The van der Waals surface area contributed by atoms with E-state index in [0.29, 0.717) is 11.4 Å². The number of ether oxygens (including phenoxy) is 1. The normalized spacial score (nSPS) is 23.3. The van der Waals surface area contributed by atoms with E-state index in [9.17, 15) is 4.39 Å². The van der Waals surface area contributed by atoms with Crippen LogP contribution < -0.4 is 15.0 Å². The number of rotatable bonds is 3. The Morgan fingerprint density at radius 3 is 2.82 bits per heavy atom. The largest absolute Gasteiger partial charge is 0.490 e. The lowest BCUT2D eigenvalue weighted by Crippen LogP contribution is -2.43. The molecule has 0 radical (unpaired) electrons. The lowest BCUT2D eigenvalue weighted by molar-refractivity contribution is 0.172. The van der Waals surface area contributed by atoms with Gasteiger partial charge in [-0.2, -0.15) is 0 Å². The Morgan fingerprint density at radius 2 is 2.00 bits per heavy atom. The summed E-state index contributed by atoms with van der Waals surface area (Å²) in [6.07, 6.45) is 9.46. The topological polar surface area (TPSA) is 24.5 Å². The molecular formula is C18H26FN2O+. The second-order valence-corrected chi connectivity index (χ2v) is 6.24. The van der Waals surface area contributed by atoms with E-state index in [0.717, 1.165) is 45.4 Å². The van der Waals surface area contributed by atoms with Crippen molar-refractivity contribution in [2.45, 2.75) is 44.6 Å². The van der Waals surface area contributed by atoms with Gasteiger partial charge in [0.05, 0.1) is 24.9 Å². The van der Waals surface area contributed by atoms with Crippen LogP contribution in [0.4, 0.5) is 10.1 Å². The van der Waals surface area contributed by atoms with Crippen LogP contribution in [0.5, 0.6) is 5.75 Å². The van der Waals surface area contributed by atoms with Crippen molar-refractivity contribution < 1.29 is 9.13 Å². The molecule has 1 aliphatic heterocycles. The first-order chi connectivity index (χ1) is 10.8. The maximum atomic E-state index is 14.4. The van der Waals surface area contributed by atoms with Gasteiger partial charge in [0.25, 0.3) is 0 Å². The van der Waals surface area contributed by atoms with Crippen molar-refractivity contribution in [3.8, 4) is 5.75 Å². The fraction of sp³-hybridized carbons (Fsp3) is 0.611. The van der Waals surface area contributed by atoms with E-state index in [2.05, 4.69) is 16.6 Å². The van der Waals surface area contributed by atoms with Gasteiger partial charge in [0.2, 0.25) is 0 Å². The monoisotopic (exact) mass is 305 g/mol. The molecule has 1 saturated heterocycles. The molecule has 1 saturated carbocycles. The number of piperazine rings is 1. The van der Waals surface area contributed by atoms with Gasteiger partial charge in [-0.1, -0.05) is 0 Å². The maximum absolute atomic E-state index is 14.4. The Kier molecular flexibility index (Phi) is 5.43. The molecule has 1 aromatic rings. The third-order valence-corrected chi connectivity index (χ3v) is 4.56. The van der Waals surface area contributed by atoms with Crippen molar-refractivity contribution in [1.82, 2.24) is 5.32 Å². The molecule has 2 fully saturated rings. The zero-order valence-corrected chi connectivity index (χ0v) is 13.2. The number of anilines is 1. The molecule has 0 bridgehead atoms. The van der Waals surface area contributed by atoms with Crippen molar-refractivity contribution in [3.05, 3.63) is 30.4 Å². The highest BCUT2D eigenvalue weighted by atomic mass is 19.1. The number of benzene rings is 1. The molecular weight excluding hydrogens is 279 g/mol. The summed E-state index contributed by atoms with van der Waals surface area (Å²) in [7, 11) is 0. The van der Waals surface area contributed by atoms with Crippen molar-refractivity contribution in [3.63, 3.8) is 0 Å². The number of hydrogen-bond donors (Lipinski definition) is 1. The molecule has 1 N–H and O–H groups in total. The summed E-state index contributed by atoms with van der Waals surface area (Å²) in [5.74, 6) is 0.499. The first-order valence-electron chi connectivity index (χ1n) is 8.56. The van der Waals surface area contributed by atoms with Gasteiger partial charge in [-0.05, 0) is 31.4 Å². The van der Waals surface area contributed by atoms with Gasteiger partial charge < -0.3 is 15.0 Å². The molecule has 1 heterocycles. The van der Waals surface area contributed by atoms with E-state index in [-0.39, 0.29) is 11.9 Å². The Bertz CT molecular complexity index is 466. The minimum Gasteiger partial charge on any atom is -0.490 e. The van der Waals surface area contributed by atoms with Gasteiger partial charge in [0.1, 0.15) is 17.7 Å². The van der Waals surface area contributed by atoms with Gasteiger partial charge in [0, 0.05) is 38.7 Å². The average molecular weight is 305 g/mol. The summed E-state index contributed by atoms with van der Waals surface area (Å²) in [5, 5.41) is 3.29. The summed E-state index contributed by atoms with van der Waals surface area (Å²) in [4.78, 5) is 2.10. The van der Waals surface area contributed by atoms with E-state index >= 15 is 0 Å².